The molecule has 3 nitrogen and oxygen atoms in total. The molecule has 0 heterocycles. The molecule has 2 rings (SSSR count). The van der Waals surface area contributed by atoms with Crippen LogP contribution in [0, 0.1) is 0 Å². The Balaban J connectivity index is 2.06. The van der Waals surface area contributed by atoms with Crippen molar-refractivity contribution in [1.82, 2.24) is 5.32 Å². The SMILES string of the molecule is CCOC(=O)/C=C/C(NCc1ccccc1)c1ccccc1. The van der Waals surface area contributed by atoms with Crippen LogP contribution in [0.4, 0.5) is 0 Å². The summed E-state index contributed by atoms with van der Waals surface area (Å²) in [6, 6.07) is 20.2. The largest absolute Gasteiger partial charge is 0.463 e. The van der Waals surface area contributed by atoms with E-state index in [0.717, 1.165) is 12.1 Å². The molecule has 0 fully saturated rings. The summed E-state index contributed by atoms with van der Waals surface area (Å²) in [5, 5.41) is 3.46. The number of nitrogens with one attached hydrogen (secondary N) is 1. The van der Waals surface area contributed by atoms with Crippen molar-refractivity contribution in [3.8, 4) is 0 Å². The van der Waals surface area contributed by atoms with Gasteiger partial charge in [0.15, 0.2) is 0 Å². The van der Waals surface area contributed by atoms with E-state index in [1.807, 2.05) is 54.6 Å². The van der Waals surface area contributed by atoms with Gasteiger partial charge in [0, 0.05) is 12.6 Å². The van der Waals surface area contributed by atoms with Gasteiger partial charge < -0.3 is 10.1 Å². The summed E-state index contributed by atoms with van der Waals surface area (Å²) in [7, 11) is 0. The maximum Gasteiger partial charge on any atom is 0.330 e. The highest BCUT2D eigenvalue weighted by atomic mass is 16.5. The first-order valence-corrected chi connectivity index (χ1v) is 7.47. The molecule has 0 saturated carbocycles. The molecule has 0 spiro atoms. The van der Waals surface area contributed by atoms with Crippen LogP contribution in [0.5, 0.6) is 0 Å². The Morgan fingerprint density at radius 3 is 2.36 bits per heavy atom. The molecular weight excluding hydrogens is 274 g/mol. The highest BCUT2D eigenvalue weighted by molar-refractivity contribution is 5.82. The lowest BCUT2D eigenvalue weighted by Gasteiger charge is -2.15. The van der Waals surface area contributed by atoms with Gasteiger partial charge in [-0.05, 0) is 18.1 Å². The van der Waals surface area contributed by atoms with Gasteiger partial charge in [0.1, 0.15) is 0 Å². The van der Waals surface area contributed by atoms with E-state index in [2.05, 4.69) is 17.4 Å². The van der Waals surface area contributed by atoms with E-state index in [1.165, 1.54) is 11.6 Å². The molecule has 0 amide bonds. The third kappa shape index (κ3) is 5.19. The Morgan fingerprint density at radius 1 is 1.09 bits per heavy atom. The zero-order chi connectivity index (χ0) is 15.6. The number of hydrogen-bond donors (Lipinski definition) is 1. The molecule has 0 radical (unpaired) electrons. The molecule has 0 saturated heterocycles. The Hall–Kier alpha value is -2.39. The topological polar surface area (TPSA) is 38.3 Å². The molecule has 1 N–H and O–H groups in total. The third-order valence-corrected chi connectivity index (χ3v) is 3.24. The maximum absolute atomic E-state index is 11.5. The van der Waals surface area contributed by atoms with E-state index in [4.69, 9.17) is 4.74 Å². The molecule has 0 aliphatic rings. The predicted molar refractivity (Wildman–Crippen MR) is 88.2 cm³/mol. The van der Waals surface area contributed by atoms with Crippen LogP contribution in [0.2, 0.25) is 0 Å². The third-order valence-electron chi connectivity index (χ3n) is 3.24. The van der Waals surface area contributed by atoms with Gasteiger partial charge in [-0.3, -0.25) is 0 Å². The summed E-state index contributed by atoms with van der Waals surface area (Å²) in [6.45, 7) is 2.91. The number of carbonyl (C=O) groups excluding carboxylic acids is 1. The van der Waals surface area contributed by atoms with E-state index in [-0.39, 0.29) is 12.0 Å². The van der Waals surface area contributed by atoms with E-state index < -0.39 is 0 Å². The molecule has 3 heteroatoms. The molecular formula is C19H21NO2. The van der Waals surface area contributed by atoms with Gasteiger partial charge in [-0.1, -0.05) is 66.7 Å². The van der Waals surface area contributed by atoms with Crippen LogP contribution >= 0.6 is 0 Å². The summed E-state index contributed by atoms with van der Waals surface area (Å²) in [5.41, 5.74) is 2.31. The fourth-order valence-electron chi connectivity index (χ4n) is 2.15. The van der Waals surface area contributed by atoms with Gasteiger partial charge in [0.05, 0.1) is 12.6 Å². The average molecular weight is 295 g/mol. The minimum atomic E-state index is -0.315. The van der Waals surface area contributed by atoms with Crippen molar-refractivity contribution in [2.45, 2.75) is 19.5 Å². The average Bonchev–Trinajstić information content (AvgIpc) is 2.57. The van der Waals surface area contributed by atoms with Gasteiger partial charge >= 0.3 is 5.97 Å². The zero-order valence-corrected chi connectivity index (χ0v) is 12.7. The normalized spacial score (nSPS) is 12.2. The molecule has 0 aliphatic carbocycles. The Kier molecular flexibility index (Phi) is 6.39. The Morgan fingerprint density at radius 2 is 1.73 bits per heavy atom. The van der Waals surface area contributed by atoms with Crippen LogP contribution in [-0.2, 0) is 16.1 Å². The lowest BCUT2D eigenvalue weighted by Crippen LogP contribution is -2.19. The number of ether oxygens (including phenoxy) is 1. The fraction of sp³-hybridized carbons (Fsp3) is 0.211. The number of hydrogen-bond acceptors (Lipinski definition) is 3. The fourth-order valence-corrected chi connectivity index (χ4v) is 2.15. The molecule has 22 heavy (non-hydrogen) atoms. The lowest BCUT2D eigenvalue weighted by molar-refractivity contribution is -0.137. The van der Waals surface area contributed by atoms with Crippen molar-refractivity contribution < 1.29 is 9.53 Å². The standard InChI is InChI=1S/C19H21NO2/c1-2-22-19(21)14-13-18(17-11-7-4-8-12-17)20-15-16-9-5-3-6-10-16/h3-14,18,20H,2,15H2,1H3/b14-13+. The molecule has 2 aromatic carbocycles. The summed E-state index contributed by atoms with van der Waals surface area (Å²) >= 11 is 0. The molecule has 0 aliphatic heterocycles. The van der Waals surface area contributed by atoms with Crippen molar-refractivity contribution in [2.75, 3.05) is 6.61 Å². The summed E-state index contributed by atoms with van der Waals surface area (Å²) in [6.07, 6.45) is 3.33. The summed E-state index contributed by atoms with van der Waals surface area (Å²) in [4.78, 5) is 11.5. The minimum absolute atomic E-state index is 0.0363. The van der Waals surface area contributed by atoms with Gasteiger partial charge in [-0.2, -0.15) is 0 Å². The van der Waals surface area contributed by atoms with Crippen LogP contribution in [0.1, 0.15) is 24.1 Å². The van der Waals surface area contributed by atoms with Crippen molar-refractivity contribution in [3.63, 3.8) is 0 Å². The van der Waals surface area contributed by atoms with Crippen LogP contribution in [0.25, 0.3) is 0 Å². The van der Waals surface area contributed by atoms with Crippen LogP contribution in [0.15, 0.2) is 72.8 Å². The number of benzene rings is 2. The second-order valence-corrected chi connectivity index (χ2v) is 4.87. The Bertz CT molecular complexity index is 593. The van der Waals surface area contributed by atoms with E-state index in [1.54, 1.807) is 6.92 Å². The predicted octanol–water partition coefficient (Wildman–Crippen LogP) is 3.64. The van der Waals surface area contributed by atoms with Crippen molar-refractivity contribution in [3.05, 3.63) is 83.9 Å². The van der Waals surface area contributed by atoms with Gasteiger partial charge in [0.2, 0.25) is 0 Å². The van der Waals surface area contributed by atoms with Crippen molar-refractivity contribution in [1.29, 1.82) is 0 Å². The molecule has 2 aromatic rings. The lowest BCUT2D eigenvalue weighted by atomic mass is 10.1. The maximum atomic E-state index is 11.5. The molecule has 1 unspecified atom stereocenters. The van der Waals surface area contributed by atoms with E-state index in [9.17, 15) is 4.79 Å². The first-order valence-electron chi connectivity index (χ1n) is 7.47. The number of carbonyl (C=O) groups is 1. The molecule has 114 valence electrons. The molecule has 0 aromatic heterocycles. The summed E-state index contributed by atoms with van der Waals surface area (Å²) < 4.78 is 4.94. The van der Waals surface area contributed by atoms with Gasteiger partial charge in [-0.15, -0.1) is 0 Å². The highest BCUT2D eigenvalue weighted by Gasteiger charge is 2.08. The van der Waals surface area contributed by atoms with Gasteiger partial charge in [0.25, 0.3) is 0 Å². The molecule has 1 atom stereocenters. The quantitative estimate of drug-likeness (QED) is 0.626. The smallest absolute Gasteiger partial charge is 0.330 e. The van der Waals surface area contributed by atoms with E-state index >= 15 is 0 Å². The first kappa shape index (κ1) is 16.0. The van der Waals surface area contributed by atoms with Crippen LogP contribution < -0.4 is 5.32 Å². The van der Waals surface area contributed by atoms with E-state index in [0.29, 0.717) is 6.61 Å². The highest BCUT2D eigenvalue weighted by Crippen LogP contribution is 2.15. The van der Waals surface area contributed by atoms with Crippen LogP contribution in [-0.4, -0.2) is 12.6 Å². The summed E-state index contributed by atoms with van der Waals surface area (Å²) in [5.74, 6) is -0.315. The first-order chi connectivity index (χ1) is 10.8. The second-order valence-electron chi connectivity index (χ2n) is 4.87. The number of rotatable bonds is 7. The van der Waals surface area contributed by atoms with Crippen LogP contribution in [0.3, 0.4) is 0 Å². The van der Waals surface area contributed by atoms with Gasteiger partial charge in [-0.25, -0.2) is 4.79 Å². The van der Waals surface area contributed by atoms with Crippen molar-refractivity contribution in [2.24, 2.45) is 0 Å². The Labute approximate surface area is 131 Å². The monoisotopic (exact) mass is 295 g/mol. The molecule has 0 bridgehead atoms. The minimum Gasteiger partial charge on any atom is -0.463 e. The zero-order valence-electron chi connectivity index (χ0n) is 12.7. The number of esters is 1. The second kappa shape index (κ2) is 8.80. The van der Waals surface area contributed by atoms with Crippen molar-refractivity contribution >= 4 is 5.97 Å².